The Morgan fingerprint density at radius 2 is 1.57 bits per heavy atom. The predicted octanol–water partition coefficient (Wildman–Crippen LogP) is 2.93. The molecule has 0 bridgehead atoms. The van der Waals surface area contributed by atoms with E-state index >= 15 is 0 Å². The number of carbonyl (C=O) groups excluding carboxylic acids is 1. The molecule has 0 radical (unpaired) electrons. The molecule has 158 valence electrons. The second kappa shape index (κ2) is 8.83. The molecular weight excluding hydrogens is 406 g/mol. The fraction of sp³-hybridized carbons (Fsp3) is 0.227. The lowest BCUT2D eigenvalue weighted by molar-refractivity contribution is 0.0478. The number of rotatable bonds is 8. The standard InChI is InChI=1S/C22H23NO6S/c1-22(25,15-23-30(26,27)19-14-13-18(29-19)21(24)28-2)20(16-9-5-3-6-10-16)17-11-7-4-8-12-17/h3-14,20,23,25H,15H2,1-2H3. The van der Waals surface area contributed by atoms with Crippen molar-refractivity contribution in [1.29, 1.82) is 0 Å². The van der Waals surface area contributed by atoms with Gasteiger partial charge >= 0.3 is 5.97 Å². The highest BCUT2D eigenvalue weighted by Crippen LogP contribution is 2.34. The summed E-state index contributed by atoms with van der Waals surface area (Å²) in [6.45, 7) is 1.29. The van der Waals surface area contributed by atoms with E-state index in [0.717, 1.165) is 17.2 Å². The Hall–Kier alpha value is -2.94. The van der Waals surface area contributed by atoms with Gasteiger partial charge in [0.1, 0.15) is 0 Å². The zero-order valence-corrected chi connectivity index (χ0v) is 17.4. The van der Waals surface area contributed by atoms with Crippen LogP contribution >= 0.6 is 0 Å². The van der Waals surface area contributed by atoms with Crippen LogP contribution in [0.4, 0.5) is 0 Å². The number of aliphatic hydroxyl groups is 1. The molecule has 1 heterocycles. The van der Waals surface area contributed by atoms with Crippen LogP contribution in [0.15, 0.2) is 82.3 Å². The van der Waals surface area contributed by atoms with Crippen molar-refractivity contribution in [2.75, 3.05) is 13.7 Å². The van der Waals surface area contributed by atoms with E-state index in [1.807, 2.05) is 60.7 Å². The molecule has 0 aliphatic rings. The fourth-order valence-corrected chi connectivity index (χ4v) is 4.36. The summed E-state index contributed by atoms with van der Waals surface area (Å²) in [7, 11) is -2.93. The van der Waals surface area contributed by atoms with Crippen LogP contribution in [0.3, 0.4) is 0 Å². The SMILES string of the molecule is COC(=O)c1ccc(S(=O)(=O)NCC(C)(O)C(c2ccccc2)c2ccccc2)o1. The average Bonchev–Trinajstić information content (AvgIpc) is 3.25. The van der Waals surface area contributed by atoms with Crippen LogP contribution in [0.5, 0.6) is 0 Å². The van der Waals surface area contributed by atoms with Gasteiger partial charge in [-0.2, -0.15) is 0 Å². The third-order valence-corrected chi connectivity index (χ3v) is 6.01. The van der Waals surface area contributed by atoms with Gasteiger partial charge in [-0.1, -0.05) is 60.7 Å². The van der Waals surface area contributed by atoms with Crippen molar-refractivity contribution in [3.63, 3.8) is 0 Å². The highest BCUT2D eigenvalue weighted by Gasteiger charge is 2.36. The zero-order chi connectivity index (χ0) is 21.8. The van der Waals surface area contributed by atoms with Gasteiger partial charge in [0.15, 0.2) is 0 Å². The Labute approximate surface area is 175 Å². The van der Waals surface area contributed by atoms with Crippen molar-refractivity contribution < 1.29 is 27.5 Å². The van der Waals surface area contributed by atoms with Gasteiger partial charge < -0.3 is 14.3 Å². The second-order valence-corrected chi connectivity index (χ2v) is 8.74. The van der Waals surface area contributed by atoms with Crippen molar-refractivity contribution >= 4 is 16.0 Å². The molecule has 3 rings (SSSR count). The zero-order valence-electron chi connectivity index (χ0n) is 16.6. The van der Waals surface area contributed by atoms with Gasteiger partial charge in [-0.15, -0.1) is 0 Å². The Bertz CT molecular complexity index is 1050. The maximum atomic E-state index is 12.6. The summed E-state index contributed by atoms with van der Waals surface area (Å²) >= 11 is 0. The lowest BCUT2D eigenvalue weighted by Crippen LogP contribution is -2.45. The minimum absolute atomic E-state index is 0.226. The van der Waals surface area contributed by atoms with Crippen LogP contribution in [-0.2, 0) is 14.8 Å². The molecule has 7 nitrogen and oxygen atoms in total. The molecule has 30 heavy (non-hydrogen) atoms. The van der Waals surface area contributed by atoms with Gasteiger partial charge in [0, 0.05) is 12.5 Å². The van der Waals surface area contributed by atoms with Crippen molar-refractivity contribution in [3.8, 4) is 0 Å². The summed E-state index contributed by atoms with van der Waals surface area (Å²) in [6, 6.07) is 21.1. The second-order valence-electron chi connectivity index (χ2n) is 7.05. The maximum absolute atomic E-state index is 12.6. The number of esters is 1. The molecule has 0 aliphatic heterocycles. The van der Waals surface area contributed by atoms with E-state index < -0.39 is 32.6 Å². The number of hydrogen-bond donors (Lipinski definition) is 2. The molecular formula is C22H23NO6S. The molecule has 1 unspecified atom stereocenters. The molecule has 0 fully saturated rings. The van der Waals surface area contributed by atoms with Gasteiger partial charge in [-0.05, 0) is 30.2 Å². The third-order valence-electron chi connectivity index (χ3n) is 4.74. The number of nitrogens with one attached hydrogen (secondary N) is 1. The molecule has 8 heteroatoms. The monoisotopic (exact) mass is 429 g/mol. The molecule has 0 saturated heterocycles. The van der Waals surface area contributed by atoms with Crippen molar-refractivity contribution in [3.05, 3.63) is 89.7 Å². The van der Waals surface area contributed by atoms with Crippen LogP contribution in [0, 0.1) is 0 Å². The van der Waals surface area contributed by atoms with Crippen molar-refractivity contribution in [2.24, 2.45) is 0 Å². The van der Waals surface area contributed by atoms with E-state index in [1.165, 1.54) is 13.2 Å². The summed E-state index contributed by atoms with van der Waals surface area (Å²) < 4.78 is 37.3. The maximum Gasteiger partial charge on any atom is 0.374 e. The van der Waals surface area contributed by atoms with Gasteiger partial charge in [-0.25, -0.2) is 17.9 Å². The van der Waals surface area contributed by atoms with E-state index in [1.54, 1.807) is 6.92 Å². The topological polar surface area (TPSA) is 106 Å². The van der Waals surface area contributed by atoms with Crippen molar-refractivity contribution in [1.82, 2.24) is 4.72 Å². The molecule has 0 saturated carbocycles. The first-order chi connectivity index (χ1) is 14.2. The van der Waals surface area contributed by atoms with E-state index in [4.69, 9.17) is 4.42 Å². The summed E-state index contributed by atoms with van der Waals surface area (Å²) in [5.41, 5.74) is 0.228. The van der Waals surface area contributed by atoms with Gasteiger partial charge in [0.25, 0.3) is 10.0 Å². The number of methoxy groups -OCH3 is 1. The highest BCUT2D eigenvalue weighted by molar-refractivity contribution is 7.89. The molecule has 0 amide bonds. The molecule has 1 atom stereocenters. The Morgan fingerprint density at radius 1 is 1.03 bits per heavy atom. The first-order valence-corrected chi connectivity index (χ1v) is 10.7. The van der Waals surface area contributed by atoms with Crippen LogP contribution in [0.25, 0.3) is 0 Å². The quantitative estimate of drug-likeness (QED) is 0.534. The summed E-state index contributed by atoms with van der Waals surface area (Å²) in [6.07, 6.45) is 0. The lowest BCUT2D eigenvalue weighted by atomic mass is 9.78. The van der Waals surface area contributed by atoms with E-state index in [9.17, 15) is 18.3 Å². The van der Waals surface area contributed by atoms with Crippen LogP contribution in [-0.4, -0.2) is 38.7 Å². The average molecular weight is 429 g/mol. The Balaban J connectivity index is 1.86. The normalized spacial score (nSPS) is 13.7. The van der Waals surface area contributed by atoms with E-state index in [-0.39, 0.29) is 12.3 Å². The summed E-state index contributed by atoms with van der Waals surface area (Å²) in [5.74, 6) is -1.49. The summed E-state index contributed by atoms with van der Waals surface area (Å²) in [4.78, 5) is 11.5. The number of carbonyl (C=O) groups is 1. The number of hydrogen-bond acceptors (Lipinski definition) is 6. The minimum Gasteiger partial charge on any atom is -0.463 e. The number of sulfonamides is 1. The van der Waals surface area contributed by atoms with Crippen molar-refractivity contribution in [2.45, 2.75) is 23.5 Å². The third kappa shape index (κ3) is 4.79. The molecule has 0 spiro atoms. The fourth-order valence-electron chi connectivity index (χ4n) is 3.29. The molecule has 1 aromatic heterocycles. The van der Waals surface area contributed by atoms with Gasteiger partial charge in [0.05, 0.1) is 12.7 Å². The Morgan fingerprint density at radius 3 is 2.07 bits per heavy atom. The van der Waals surface area contributed by atoms with Crippen LogP contribution in [0.2, 0.25) is 0 Å². The van der Waals surface area contributed by atoms with Gasteiger partial charge in [0.2, 0.25) is 10.9 Å². The molecule has 3 aromatic rings. The molecule has 0 aliphatic carbocycles. The highest BCUT2D eigenvalue weighted by atomic mass is 32.2. The largest absolute Gasteiger partial charge is 0.463 e. The minimum atomic E-state index is -4.10. The lowest BCUT2D eigenvalue weighted by Gasteiger charge is -2.34. The summed E-state index contributed by atoms with van der Waals surface area (Å²) in [5, 5.41) is 10.9. The molecule has 2 N–H and O–H groups in total. The number of benzene rings is 2. The van der Waals surface area contributed by atoms with Crippen LogP contribution in [0.1, 0.15) is 34.5 Å². The predicted molar refractivity (Wildman–Crippen MR) is 111 cm³/mol. The van der Waals surface area contributed by atoms with E-state index in [2.05, 4.69) is 9.46 Å². The first-order valence-electron chi connectivity index (χ1n) is 9.25. The molecule has 2 aromatic carbocycles. The van der Waals surface area contributed by atoms with Gasteiger partial charge in [-0.3, -0.25) is 0 Å². The smallest absolute Gasteiger partial charge is 0.374 e. The first kappa shape index (κ1) is 21.8. The Kier molecular flexibility index (Phi) is 6.40. The number of furan rings is 1. The van der Waals surface area contributed by atoms with Crippen LogP contribution < -0.4 is 4.72 Å². The number of ether oxygens (including phenoxy) is 1. The van der Waals surface area contributed by atoms with E-state index in [0.29, 0.717) is 0 Å².